The van der Waals surface area contributed by atoms with E-state index in [0.29, 0.717) is 12.7 Å². The second kappa shape index (κ2) is 6.98. The first kappa shape index (κ1) is 13.7. The van der Waals surface area contributed by atoms with E-state index in [1.807, 2.05) is 4.90 Å². The maximum Gasteiger partial charge on any atom is 0.409 e. The Balaban J connectivity index is 1.58. The molecule has 4 heteroatoms. The van der Waals surface area contributed by atoms with E-state index in [-0.39, 0.29) is 6.09 Å². The van der Waals surface area contributed by atoms with E-state index in [1.165, 1.54) is 12.8 Å². The monoisotopic (exact) mass is 255 g/mol. The summed E-state index contributed by atoms with van der Waals surface area (Å²) in [5.74, 6) is 0.821. The van der Waals surface area contributed by atoms with Crippen molar-refractivity contribution in [1.29, 1.82) is 0 Å². The van der Waals surface area contributed by atoms with Gasteiger partial charge in [0.25, 0.3) is 0 Å². The van der Waals surface area contributed by atoms with Gasteiger partial charge in [-0.15, -0.1) is 0 Å². The van der Waals surface area contributed by atoms with Gasteiger partial charge in [0, 0.05) is 19.7 Å². The van der Waals surface area contributed by atoms with E-state index in [1.54, 1.807) is 0 Å². The number of piperidine rings is 1. The van der Waals surface area contributed by atoms with Crippen molar-refractivity contribution in [3.8, 4) is 0 Å². The summed E-state index contributed by atoms with van der Waals surface area (Å²) in [7, 11) is 0. The third-order valence-corrected chi connectivity index (χ3v) is 3.69. The number of hydrogen-bond donors (Lipinski definition) is 0. The van der Waals surface area contributed by atoms with Gasteiger partial charge >= 0.3 is 6.09 Å². The largest absolute Gasteiger partial charge is 0.449 e. The maximum atomic E-state index is 11.7. The fraction of sp³-hybridized carbons (Fsp3) is 0.929. The van der Waals surface area contributed by atoms with Crippen LogP contribution >= 0.6 is 0 Å². The molecule has 1 saturated carbocycles. The van der Waals surface area contributed by atoms with Crippen molar-refractivity contribution in [1.82, 2.24) is 4.90 Å². The minimum absolute atomic E-state index is 0.149. The molecule has 0 aromatic heterocycles. The summed E-state index contributed by atoms with van der Waals surface area (Å²) in [5, 5.41) is 0. The Hall–Kier alpha value is -0.770. The highest BCUT2D eigenvalue weighted by Gasteiger charge is 2.27. The van der Waals surface area contributed by atoms with Gasteiger partial charge in [-0.25, -0.2) is 4.79 Å². The molecule has 0 aromatic carbocycles. The van der Waals surface area contributed by atoms with Crippen LogP contribution in [0.25, 0.3) is 0 Å². The van der Waals surface area contributed by atoms with Crippen LogP contribution in [0.15, 0.2) is 0 Å². The number of hydrogen-bond acceptors (Lipinski definition) is 3. The molecule has 2 aliphatic rings. The highest BCUT2D eigenvalue weighted by Crippen LogP contribution is 2.30. The Bertz CT molecular complexity index is 258. The normalized spacial score (nSPS) is 21.1. The Kier molecular flexibility index (Phi) is 5.29. The molecule has 1 saturated heterocycles. The third kappa shape index (κ3) is 4.48. The average Bonchev–Trinajstić information content (AvgIpc) is 3.21. The van der Waals surface area contributed by atoms with Crippen molar-refractivity contribution < 1.29 is 14.3 Å². The van der Waals surface area contributed by atoms with E-state index in [2.05, 4.69) is 6.92 Å². The van der Waals surface area contributed by atoms with Crippen LogP contribution in [0.4, 0.5) is 4.79 Å². The Morgan fingerprint density at radius 1 is 1.22 bits per heavy atom. The van der Waals surface area contributed by atoms with Gasteiger partial charge in [-0.1, -0.05) is 13.3 Å². The fourth-order valence-electron chi connectivity index (χ4n) is 2.16. The quantitative estimate of drug-likeness (QED) is 0.685. The number of ether oxygens (including phenoxy) is 2. The average molecular weight is 255 g/mol. The summed E-state index contributed by atoms with van der Waals surface area (Å²) < 4.78 is 11.1. The molecule has 104 valence electrons. The third-order valence-electron chi connectivity index (χ3n) is 3.69. The van der Waals surface area contributed by atoms with Gasteiger partial charge in [-0.05, 0) is 38.0 Å². The summed E-state index contributed by atoms with van der Waals surface area (Å²) in [6.07, 6.45) is 6.79. The Morgan fingerprint density at radius 3 is 2.56 bits per heavy atom. The van der Waals surface area contributed by atoms with Crippen LogP contribution in [-0.4, -0.2) is 43.4 Å². The van der Waals surface area contributed by atoms with E-state index >= 15 is 0 Å². The van der Waals surface area contributed by atoms with Crippen LogP contribution in [0.5, 0.6) is 0 Å². The molecule has 0 unspecified atom stereocenters. The molecule has 1 heterocycles. The zero-order valence-electron chi connectivity index (χ0n) is 11.4. The van der Waals surface area contributed by atoms with Crippen LogP contribution in [-0.2, 0) is 9.47 Å². The topological polar surface area (TPSA) is 38.8 Å². The van der Waals surface area contributed by atoms with Crippen molar-refractivity contribution in [2.45, 2.75) is 51.6 Å². The molecule has 0 radical (unpaired) electrons. The summed E-state index contributed by atoms with van der Waals surface area (Å²) in [5.41, 5.74) is 0. The molecular formula is C14H25NO3. The fourth-order valence-corrected chi connectivity index (χ4v) is 2.16. The van der Waals surface area contributed by atoms with Crippen LogP contribution in [0.3, 0.4) is 0 Å². The number of amides is 1. The summed E-state index contributed by atoms with van der Waals surface area (Å²) in [6.45, 7) is 5.12. The standard InChI is InChI=1S/C14H25NO3/c1-2-3-10-17-14(16)15-8-6-13(7-9-15)18-11-12-4-5-12/h12-13H,2-11H2,1H3. The highest BCUT2D eigenvalue weighted by molar-refractivity contribution is 5.67. The van der Waals surface area contributed by atoms with Crippen molar-refractivity contribution in [3.63, 3.8) is 0 Å². The first-order valence-electron chi connectivity index (χ1n) is 7.33. The molecule has 18 heavy (non-hydrogen) atoms. The second-order valence-electron chi connectivity index (χ2n) is 5.43. The number of carbonyl (C=O) groups is 1. The summed E-state index contributed by atoms with van der Waals surface area (Å²) in [4.78, 5) is 13.5. The van der Waals surface area contributed by atoms with E-state index in [9.17, 15) is 4.79 Å². The molecule has 0 spiro atoms. The molecule has 0 N–H and O–H groups in total. The molecular weight excluding hydrogens is 230 g/mol. The van der Waals surface area contributed by atoms with Crippen molar-refractivity contribution in [3.05, 3.63) is 0 Å². The van der Waals surface area contributed by atoms with Crippen molar-refractivity contribution in [2.24, 2.45) is 5.92 Å². The lowest BCUT2D eigenvalue weighted by molar-refractivity contribution is 0.00120. The molecule has 4 nitrogen and oxygen atoms in total. The zero-order chi connectivity index (χ0) is 12.8. The van der Waals surface area contributed by atoms with Crippen LogP contribution in [0, 0.1) is 5.92 Å². The first-order valence-corrected chi connectivity index (χ1v) is 7.33. The lowest BCUT2D eigenvalue weighted by Crippen LogP contribution is -2.41. The lowest BCUT2D eigenvalue weighted by Gasteiger charge is -2.31. The number of carbonyl (C=O) groups excluding carboxylic acids is 1. The molecule has 1 aliphatic heterocycles. The SMILES string of the molecule is CCCCOC(=O)N1CCC(OCC2CC2)CC1. The van der Waals surface area contributed by atoms with Gasteiger partial charge in [0.1, 0.15) is 0 Å². The van der Waals surface area contributed by atoms with Crippen molar-refractivity contribution in [2.75, 3.05) is 26.3 Å². The predicted octanol–water partition coefficient (Wildman–Crippen LogP) is 2.81. The number of unbranched alkanes of at least 4 members (excludes halogenated alkanes) is 1. The van der Waals surface area contributed by atoms with Gasteiger partial charge in [-0.2, -0.15) is 0 Å². The van der Waals surface area contributed by atoms with Gasteiger partial charge in [0.2, 0.25) is 0 Å². The molecule has 0 atom stereocenters. The Morgan fingerprint density at radius 2 is 1.94 bits per heavy atom. The number of likely N-dealkylation sites (tertiary alicyclic amines) is 1. The second-order valence-corrected chi connectivity index (χ2v) is 5.43. The van der Waals surface area contributed by atoms with Crippen LogP contribution in [0.1, 0.15) is 45.4 Å². The van der Waals surface area contributed by atoms with E-state index in [4.69, 9.17) is 9.47 Å². The molecule has 2 rings (SSSR count). The minimum atomic E-state index is -0.149. The van der Waals surface area contributed by atoms with Gasteiger partial charge in [0.15, 0.2) is 0 Å². The Labute approximate surface area is 110 Å². The summed E-state index contributed by atoms with van der Waals surface area (Å²) >= 11 is 0. The maximum absolute atomic E-state index is 11.7. The molecule has 1 aliphatic carbocycles. The minimum Gasteiger partial charge on any atom is -0.449 e. The first-order chi connectivity index (χ1) is 8.79. The van der Waals surface area contributed by atoms with Crippen LogP contribution in [0.2, 0.25) is 0 Å². The zero-order valence-corrected chi connectivity index (χ0v) is 11.4. The van der Waals surface area contributed by atoms with Gasteiger partial charge in [-0.3, -0.25) is 0 Å². The molecule has 0 aromatic rings. The summed E-state index contributed by atoms with van der Waals surface area (Å²) in [6, 6.07) is 0. The molecule has 0 bridgehead atoms. The van der Waals surface area contributed by atoms with Gasteiger partial charge in [0.05, 0.1) is 12.7 Å². The van der Waals surface area contributed by atoms with E-state index < -0.39 is 0 Å². The smallest absolute Gasteiger partial charge is 0.409 e. The van der Waals surface area contributed by atoms with Gasteiger partial charge < -0.3 is 14.4 Å². The number of rotatable bonds is 6. The molecule has 2 fully saturated rings. The number of nitrogens with zero attached hydrogens (tertiary/aromatic N) is 1. The lowest BCUT2D eigenvalue weighted by atomic mass is 10.1. The predicted molar refractivity (Wildman–Crippen MR) is 69.5 cm³/mol. The molecule has 1 amide bonds. The van der Waals surface area contributed by atoms with E-state index in [0.717, 1.165) is 51.3 Å². The van der Waals surface area contributed by atoms with Crippen LogP contribution < -0.4 is 0 Å². The van der Waals surface area contributed by atoms with Crippen molar-refractivity contribution >= 4 is 6.09 Å². The highest BCUT2D eigenvalue weighted by atomic mass is 16.6.